The van der Waals surface area contributed by atoms with E-state index < -0.39 is 0 Å². The summed E-state index contributed by atoms with van der Waals surface area (Å²) in [5.41, 5.74) is 0. The SMILES string of the molecule is CCCCCCCCCCCCCCCN1C=CN(CCCCCCCCCC)C1CCCCCCC. The Balaban J connectivity index is 2.16. The zero-order chi connectivity index (χ0) is 26.7. The van der Waals surface area contributed by atoms with E-state index in [-0.39, 0.29) is 0 Å². The normalized spacial score (nSPS) is 15.4. The molecule has 1 unspecified atom stereocenters. The van der Waals surface area contributed by atoms with E-state index in [0.29, 0.717) is 6.17 Å². The molecular weight excluding hydrogens is 448 g/mol. The maximum atomic E-state index is 2.70. The van der Waals surface area contributed by atoms with Crippen LogP contribution in [0.5, 0.6) is 0 Å². The van der Waals surface area contributed by atoms with Gasteiger partial charge in [0.05, 0.1) is 0 Å². The van der Waals surface area contributed by atoms with E-state index in [1.807, 2.05) is 0 Å². The van der Waals surface area contributed by atoms with Crippen LogP contribution >= 0.6 is 0 Å². The molecule has 1 aliphatic rings. The lowest BCUT2D eigenvalue weighted by molar-refractivity contribution is 0.135. The first-order valence-electron chi connectivity index (χ1n) is 17.5. The van der Waals surface area contributed by atoms with Crippen LogP contribution in [0, 0.1) is 0 Å². The van der Waals surface area contributed by atoms with Gasteiger partial charge in [-0.15, -0.1) is 0 Å². The minimum absolute atomic E-state index is 0.642. The molecule has 1 aliphatic heterocycles. The molecule has 220 valence electrons. The molecule has 0 amide bonds. The smallest absolute Gasteiger partial charge is 0.101 e. The van der Waals surface area contributed by atoms with E-state index >= 15 is 0 Å². The average Bonchev–Trinajstić information content (AvgIpc) is 3.29. The highest BCUT2D eigenvalue weighted by Gasteiger charge is 2.24. The number of rotatable bonds is 29. The Bertz CT molecular complexity index is 474. The Morgan fingerprint density at radius 3 is 0.946 bits per heavy atom. The lowest BCUT2D eigenvalue weighted by Gasteiger charge is -2.33. The van der Waals surface area contributed by atoms with Crippen molar-refractivity contribution in [2.24, 2.45) is 0 Å². The largest absolute Gasteiger partial charge is 0.356 e. The summed E-state index contributed by atoms with van der Waals surface area (Å²) in [6.45, 7) is 9.47. The minimum Gasteiger partial charge on any atom is -0.356 e. The third-order valence-electron chi connectivity index (χ3n) is 8.57. The molecule has 0 aromatic carbocycles. The average molecular weight is 519 g/mol. The zero-order valence-corrected chi connectivity index (χ0v) is 26.1. The first-order chi connectivity index (χ1) is 18.3. The molecule has 2 nitrogen and oxygen atoms in total. The lowest BCUT2D eigenvalue weighted by atomic mass is 10.0. The Labute approximate surface area is 235 Å². The van der Waals surface area contributed by atoms with Gasteiger partial charge in [0, 0.05) is 25.5 Å². The quantitative estimate of drug-likeness (QED) is 0.0908. The second-order valence-corrected chi connectivity index (χ2v) is 12.2. The van der Waals surface area contributed by atoms with Gasteiger partial charge in [0.2, 0.25) is 0 Å². The van der Waals surface area contributed by atoms with E-state index in [9.17, 15) is 0 Å². The fraction of sp³-hybridized carbons (Fsp3) is 0.943. The standard InChI is InChI=1S/C35H70N2/c1-4-7-10-13-15-17-18-19-20-21-23-26-29-32-37-34-33-36(35(37)30-27-24-12-9-6-3)31-28-25-22-16-14-11-8-5-2/h33-35H,4-32H2,1-3H3. The van der Waals surface area contributed by atoms with Crippen LogP contribution < -0.4 is 0 Å². The van der Waals surface area contributed by atoms with E-state index in [0.717, 1.165) is 0 Å². The van der Waals surface area contributed by atoms with E-state index in [1.54, 1.807) is 0 Å². The summed E-state index contributed by atoms with van der Waals surface area (Å²) >= 11 is 0. The van der Waals surface area contributed by atoms with Gasteiger partial charge in [-0.05, 0) is 25.7 Å². The summed E-state index contributed by atoms with van der Waals surface area (Å²) in [6, 6.07) is 0. The van der Waals surface area contributed by atoms with Gasteiger partial charge in [-0.2, -0.15) is 0 Å². The topological polar surface area (TPSA) is 6.48 Å². The Morgan fingerprint density at radius 1 is 0.351 bits per heavy atom. The van der Waals surface area contributed by atoms with Crippen molar-refractivity contribution in [3.63, 3.8) is 0 Å². The molecule has 0 aromatic rings. The number of hydrogen-bond acceptors (Lipinski definition) is 2. The molecule has 1 heterocycles. The van der Waals surface area contributed by atoms with Crippen LogP contribution in [-0.4, -0.2) is 29.1 Å². The Hall–Kier alpha value is -0.660. The van der Waals surface area contributed by atoms with Crippen LogP contribution in [0.25, 0.3) is 0 Å². The second kappa shape index (κ2) is 26.9. The number of unbranched alkanes of at least 4 members (excludes halogenated alkanes) is 23. The summed E-state index contributed by atoms with van der Waals surface area (Å²) in [4.78, 5) is 5.39. The van der Waals surface area contributed by atoms with Crippen LogP contribution in [0.4, 0.5) is 0 Å². The van der Waals surface area contributed by atoms with Crippen LogP contribution in [0.1, 0.15) is 194 Å². The van der Waals surface area contributed by atoms with E-state index in [2.05, 4.69) is 43.0 Å². The first kappa shape index (κ1) is 34.4. The fourth-order valence-corrected chi connectivity index (χ4v) is 6.01. The molecule has 0 aliphatic carbocycles. The van der Waals surface area contributed by atoms with Crippen molar-refractivity contribution in [3.05, 3.63) is 12.4 Å². The first-order valence-corrected chi connectivity index (χ1v) is 17.5. The van der Waals surface area contributed by atoms with E-state index in [1.165, 1.54) is 186 Å². The van der Waals surface area contributed by atoms with E-state index in [4.69, 9.17) is 0 Å². The monoisotopic (exact) mass is 519 g/mol. The van der Waals surface area contributed by atoms with Crippen molar-refractivity contribution in [2.45, 2.75) is 200 Å². The van der Waals surface area contributed by atoms with Crippen molar-refractivity contribution in [1.82, 2.24) is 9.80 Å². The highest BCUT2D eigenvalue weighted by atomic mass is 15.4. The van der Waals surface area contributed by atoms with Gasteiger partial charge in [-0.1, -0.05) is 168 Å². The number of nitrogens with zero attached hydrogens (tertiary/aromatic N) is 2. The zero-order valence-electron chi connectivity index (χ0n) is 26.1. The predicted molar refractivity (Wildman–Crippen MR) is 168 cm³/mol. The molecule has 0 fully saturated rings. The van der Waals surface area contributed by atoms with Crippen molar-refractivity contribution in [1.29, 1.82) is 0 Å². The maximum absolute atomic E-state index is 2.70. The second-order valence-electron chi connectivity index (χ2n) is 12.2. The summed E-state index contributed by atoms with van der Waals surface area (Å²) < 4.78 is 0. The van der Waals surface area contributed by atoms with Gasteiger partial charge in [-0.25, -0.2) is 0 Å². The van der Waals surface area contributed by atoms with Gasteiger partial charge >= 0.3 is 0 Å². The van der Waals surface area contributed by atoms with Crippen molar-refractivity contribution in [3.8, 4) is 0 Å². The third-order valence-corrected chi connectivity index (χ3v) is 8.57. The summed E-state index contributed by atoms with van der Waals surface area (Å²) in [6.07, 6.45) is 44.0. The molecule has 0 radical (unpaired) electrons. The molecule has 0 spiro atoms. The third kappa shape index (κ3) is 20.0. The summed E-state index contributed by atoms with van der Waals surface area (Å²) in [5, 5.41) is 0. The highest BCUT2D eigenvalue weighted by molar-refractivity contribution is 4.97. The summed E-state index contributed by atoms with van der Waals surface area (Å²) in [5.74, 6) is 0. The summed E-state index contributed by atoms with van der Waals surface area (Å²) in [7, 11) is 0. The Morgan fingerprint density at radius 2 is 0.622 bits per heavy atom. The predicted octanol–water partition coefficient (Wildman–Crippen LogP) is 12.0. The highest BCUT2D eigenvalue weighted by Crippen LogP contribution is 2.24. The van der Waals surface area contributed by atoms with Crippen LogP contribution in [0.2, 0.25) is 0 Å². The van der Waals surface area contributed by atoms with Gasteiger partial charge in [0.25, 0.3) is 0 Å². The molecule has 0 N–H and O–H groups in total. The maximum Gasteiger partial charge on any atom is 0.101 e. The van der Waals surface area contributed by atoms with Crippen LogP contribution in [0.3, 0.4) is 0 Å². The molecule has 0 bridgehead atoms. The molecule has 1 atom stereocenters. The van der Waals surface area contributed by atoms with Gasteiger partial charge in [-0.3, -0.25) is 0 Å². The molecule has 2 heteroatoms. The lowest BCUT2D eigenvalue weighted by Crippen LogP contribution is -2.39. The Kier molecular flexibility index (Phi) is 25.0. The minimum atomic E-state index is 0.642. The van der Waals surface area contributed by atoms with Crippen molar-refractivity contribution in [2.75, 3.05) is 13.1 Å². The van der Waals surface area contributed by atoms with Gasteiger partial charge in [0.15, 0.2) is 0 Å². The van der Waals surface area contributed by atoms with Gasteiger partial charge in [0.1, 0.15) is 6.17 Å². The molecule has 0 aromatic heterocycles. The number of hydrogen-bond donors (Lipinski definition) is 0. The molecular formula is C35H70N2. The fourth-order valence-electron chi connectivity index (χ4n) is 6.01. The van der Waals surface area contributed by atoms with Crippen LogP contribution in [0.15, 0.2) is 12.4 Å². The molecule has 37 heavy (non-hydrogen) atoms. The molecule has 1 rings (SSSR count). The van der Waals surface area contributed by atoms with Gasteiger partial charge < -0.3 is 9.80 Å². The van der Waals surface area contributed by atoms with Crippen molar-refractivity contribution >= 4 is 0 Å². The molecule has 0 saturated carbocycles. The molecule has 0 saturated heterocycles. The van der Waals surface area contributed by atoms with Crippen molar-refractivity contribution < 1.29 is 0 Å². The van der Waals surface area contributed by atoms with Crippen LogP contribution in [-0.2, 0) is 0 Å².